The van der Waals surface area contributed by atoms with E-state index in [1.807, 2.05) is 0 Å². The number of rotatable bonds is 8. The lowest BCUT2D eigenvalue weighted by Crippen LogP contribution is -2.07. The zero-order chi connectivity index (χ0) is 53.8. The van der Waals surface area contributed by atoms with Crippen LogP contribution in [-0.2, 0) is 0 Å². The van der Waals surface area contributed by atoms with E-state index in [9.17, 15) is 0 Å². The number of benzene rings is 11. The van der Waals surface area contributed by atoms with Gasteiger partial charge in [-0.2, -0.15) is 9.97 Å². The second kappa shape index (κ2) is 18.2. The van der Waals surface area contributed by atoms with Gasteiger partial charge in [-0.15, -0.1) is 0 Å². The summed E-state index contributed by atoms with van der Waals surface area (Å²) in [7, 11) is 0. The van der Waals surface area contributed by atoms with Crippen molar-refractivity contribution in [2.75, 3.05) is 0 Å². The minimum atomic E-state index is 0.611. The molecule has 8 nitrogen and oxygen atoms in total. The number of aromatic nitrogens is 8. The average molecular weight is 1050 g/mol. The third kappa shape index (κ3) is 7.11. The van der Waals surface area contributed by atoms with Gasteiger partial charge >= 0.3 is 0 Å². The van der Waals surface area contributed by atoms with E-state index in [-0.39, 0.29) is 0 Å². The molecule has 0 unspecified atom stereocenters. The topological polar surface area (TPSA) is 71.3 Å². The fraction of sp³-hybridized carbons (Fsp3) is 0. The van der Waals surface area contributed by atoms with Crippen LogP contribution in [0.4, 0.5) is 0 Å². The first-order valence-electron chi connectivity index (χ1n) is 27.7. The predicted octanol–water partition coefficient (Wildman–Crippen LogP) is 18.3. The van der Waals surface area contributed by atoms with Gasteiger partial charge in [0.15, 0.2) is 0 Å². The number of fused-ring (bicyclic) bond motifs is 12. The fourth-order valence-electron chi connectivity index (χ4n) is 12.7. The van der Waals surface area contributed by atoms with Crippen molar-refractivity contribution in [1.82, 2.24) is 38.2 Å². The fourth-order valence-corrected chi connectivity index (χ4v) is 12.7. The Morgan fingerprint density at radius 1 is 0.183 bits per heavy atom. The van der Waals surface area contributed by atoms with Gasteiger partial charge in [-0.1, -0.05) is 212 Å². The maximum Gasteiger partial charge on any atom is 0.237 e. The van der Waals surface area contributed by atoms with E-state index < -0.39 is 0 Å². The van der Waals surface area contributed by atoms with E-state index in [4.69, 9.17) is 19.9 Å². The van der Waals surface area contributed by atoms with Crippen molar-refractivity contribution in [2.24, 2.45) is 0 Å². The molecule has 6 aromatic heterocycles. The van der Waals surface area contributed by atoms with Crippen molar-refractivity contribution >= 4 is 87.2 Å². The largest absolute Gasteiger partial charge is 0.294 e. The quantitative estimate of drug-likeness (QED) is 0.152. The predicted molar refractivity (Wildman–Crippen MR) is 337 cm³/mol. The van der Waals surface area contributed by atoms with E-state index in [0.29, 0.717) is 11.9 Å². The summed E-state index contributed by atoms with van der Waals surface area (Å²) in [4.78, 5) is 21.8. The zero-order valence-corrected chi connectivity index (χ0v) is 44.1. The summed E-state index contributed by atoms with van der Waals surface area (Å²) in [6.45, 7) is 0. The lowest BCUT2D eigenvalue weighted by molar-refractivity contribution is 0.951. The second-order valence-electron chi connectivity index (χ2n) is 21.0. The summed E-state index contributed by atoms with van der Waals surface area (Å²) in [5, 5.41) is 9.36. The summed E-state index contributed by atoms with van der Waals surface area (Å²) in [5.74, 6) is 2.82. The normalized spacial score (nSPS) is 11.9. The molecule has 0 bridgehead atoms. The van der Waals surface area contributed by atoms with Crippen LogP contribution in [0.15, 0.2) is 279 Å². The van der Waals surface area contributed by atoms with Crippen LogP contribution in [0.5, 0.6) is 0 Å². The van der Waals surface area contributed by atoms with Gasteiger partial charge in [-0.05, 0) is 76.9 Å². The molecule has 0 N–H and O–H groups in total. The summed E-state index contributed by atoms with van der Waals surface area (Å²) in [6.07, 6.45) is 0. The first-order chi connectivity index (χ1) is 40.7. The number of nitrogens with zero attached hydrogens (tertiary/aromatic N) is 8. The molecule has 17 rings (SSSR count). The SMILES string of the molecule is c1cc(-c2ccc(-c3ccc(-c4cc(-n5c6ccccc6c6ccccc65)nc(-n5c6ccccc6c6ccccc65)n4)cc3)cc2)cc(-c2cc(-n3c4ccccc4c4ccccc43)nc(-n3c4ccccc4c4ccccc43)n2)c1. The van der Waals surface area contributed by atoms with Crippen molar-refractivity contribution in [3.8, 4) is 68.3 Å². The molecule has 17 aromatic rings. The lowest BCUT2D eigenvalue weighted by Gasteiger charge is -2.14. The van der Waals surface area contributed by atoms with E-state index in [0.717, 1.165) is 122 Å². The Bertz CT molecular complexity index is 4930. The van der Waals surface area contributed by atoms with Gasteiger partial charge in [0.1, 0.15) is 11.6 Å². The zero-order valence-electron chi connectivity index (χ0n) is 44.1. The lowest BCUT2D eigenvalue weighted by atomic mass is 9.97. The van der Waals surface area contributed by atoms with Gasteiger partial charge in [0, 0.05) is 66.3 Å². The van der Waals surface area contributed by atoms with E-state index in [2.05, 4.69) is 297 Å². The highest BCUT2D eigenvalue weighted by atomic mass is 15.2. The molecular formula is C74H46N8. The highest BCUT2D eigenvalue weighted by Gasteiger charge is 2.22. The maximum atomic E-state index is 5.46. The van der Waals surface area contributed by atoms with Crippen LogP contribution in [0, 0.1) is 0 Å². The van der Waals surface area contributed by atoms with Crippen molar-refractivity contribution in [2.45, 2.75) is 0 Å². The van der Waals surface area contributed by atoms with Crippen molar-refractivity contribution in [3.05, 3.63) is 279 Å². The van der Waals surface area contributed by atoms with Gasteiger partial charge in [0.25, 0.3) is 0 Å². The van der Waals surface area contributed by atoms with Crippen molar-refractivity contribution in [3.63, 3.8) is 0 Å². The highest BCUT2D eigenvalue weighted by Crippen LogP contribution is 2.39. The third-order valence-corrected chi connectivity index (χ3v) is 16.5. The van der Waals surface area contributed by atoms with Crippen LogP contribution < -0.4 is 0 Å². The Hall–Kier alpha value is -11.2. The summed E-state index contributed by atoms with van der Waals surface area (Å²) in [6, 6.07) is 99.1. The van der Waals surface area contributed by atoms with Gasteiger partial charge in [0.2, 0.25) is 11.9 Å². The second-order valence-corrected chi connectivity index (χ2v) is 21.0. The van der Waals surface area contributed by atoms with Crippen LogP contribution in [0.1, 0.15) is 0 Å². The van der Waals surface area contributed by atoms with Gasteiger partial charge in [-0.25, -0.2) is 9.97 Å². The molecule has 11 aromatic carbocycles. The standard InChI is InChI=1S/C74H46N8/c1-9-28-63-53(20-1)54-21-2-10-29-64(54)79(63)71-45-61(75-73(77-71)81-67-32-13-5-24-57(67)58-25-6-14-33-68(58)81)50-42-40-48(41-43-50)47-36-38-49(39-37-47)51-18-17-19-52(44-51)62-46-72(80-65-30-11-3-22-55(65)56-23-4-12-31-66(56)80)78-74(76-62)82-69-34-15-7-26-59(69)60-27-8-16-35-70(60)82/h1-46H. The minimum absolute atomic E-state index is 0.611. The van der Waals surface area contributed by atoms with Crippen LogP contribution in [-0.4, -0.2) is 38.2 Å². The molecule has 0 saturated heterocycles. The average Bonchev–Trinajstić information content (AvgIpc) is 4.36. The third-order valence-electron chi connectivity index (χ3n) is 16.5. The summed E-state index contributed by atoms with van der Waals surface area (Å²) >= 11 is 0. The van der Waals surface area contributed by atoms with Gasteiger partial charge in [-0.3, -0.25) is 18.3 Å². The Labute approximate surface area is 470 Å². The Balaban J connectivity index is 0.751. The maximum absolute atomic E-state index is 5.46. The van der Waals surface area contributed by atoms with E-state index >= 15 is 0 Å². The molecule has 0 aliphatic heterocycles. The van der Waals surface area contributed by atoms with Gasteiger partial charge < -0.3 is 0 Å². The smallest absolute Gasteiger partial charge is 0.237 e. The molecule has 0 fully saturated rings. The van der Waals surface area contributed by atoms with Crippen molar-refractivity contribution < 1.29 is 0 Å². The molecule has 0 aliphatic carbocycles. The molecule has 0 amide bonds. The monoisotopic (exact) mass is 1050 g/mol. The molecule has 6 heterocycles. The van der Waals surface area contributed by atoms with Crippen LogP contribution >= 0.6 is 0 Å². The first-order valence-corrected chi connectivity index (χ1v) is 27.7. The molecule has 0 atom stereocenters. The number of hydrogen-bond donors (Lipinski definition) is 0. The Kier molecular flexibility index (Phi) is 10.1. The summed E-state index contributed by atoms with van der Waals surface area (Å²) < 4.78 is 8.98. The molecule has 8 heteroatoms. The minimum Gasteiger partial charge on any atom is -0.294 e. The molecule has 0 radical (unpaired) electrons. The molecule has 0 aliphatic rings. The first kappa shape index (κ1) is 45.8. The van der Waals surface area contributed by atoms with Gasteiger partial charge in [0.05, 0.1) is 55.5 Å². The van der Waals surface area contributed by atoms with Crippen LogP contribution in [0.2, 0.25) is 0 Å². The highest BCUT2D eigenvalue weighted by molar-refractivity contribution is 6.12. The Morgan fingerprint density at radius 3 is 0.768 bits per heavy atom. The van der Waals surface area contributed by atoms with E-state index in [1.165, 1.54) is 21.5 Å². The molecule has 82 heavy (non-hydrogen) atoms. The van der Waals surface area contributed by atoms with Crippen molar-refractivity contribution in [1.29, 1.82) is 0 Å². The molecule has 382 valence electrons. The van der Waals surface area contributed by atoms with Crippen LogP contribution in [0.3, 0.4) is 0 Å². The van der Waals surface area contributed by atoms with Crippen LogP contribution in [0.25, 0.3) is 156 Å². The molecular weight excluding hydrogens is 1000 g/mol. The Morgan fingerprint density at radius 2 is 0.439 bits per heavy atom. The number of hydrogen-bond acceptors (Lipinski definition) is 4. The van der Waals surface area contributed by atoms with E-state index in [1.54, 1.807) is 0 Å². The summed E-state index contributed by atoms with van der Waals surface area (Å²) in [5.41, 5.74) is 16.7. The molecule has 0 spiro atoms. The number of para-hydroxylation sites is 8. The molecule has 0 saturated carbocycles.